The number of benzene rings is 2. The zero-order valence-corrected chi connectivity index (χ0v) is 13.4. The van der Waals surface area contributed by atoms with Crippen LogP contribution in [0, 0.1) is 63.2 Å². The highest BCUT2D eigenvalue weighted by molar-refractivity contribution is 5.76. The van der Waals surface area contributed by atoms with Crippen molar-refractivity contribution >= 4 is 12.2 Å². The van der Waals surface area contributed by atoms with Crippen molar-refractivity contribution in [3.8, 4) is 0 Å². The van der Waals surface area contributed by atoms with Crippen LogP contribution in [0.4, 0.5) is 0 Å². The molecule has 114 valence electrons. The Balaban J connectivity index is 1.62. The molecule has 2 aromatic rings. The van der Waals surface area contributed by atoms with E-state index in [1.54, 1.807) is 0 Å². The van der Waals surface area contributed by atoms with Crippen molar-refractivity contribution in [2.75, 3.05) is 0 Å². The molecule has 10 radical (unpaired) electrons. The van der Waals surface area contributed by atoms with Crippen molar-refractivity contribution in [3.05, 3.63) is 134 Å². The third-order valence-corrected chi connectivity index (χ3v) is 4.31. The lowest BCUT2D eigenvalue weighted by Gasteiger charge is -2.13. The van der Waals surface area contributed by atoms with Crippen molar-refractivity contribution in [2.24, 2.45) is 0 Å². The second-order valence-corrected chi connectivity index (χ2v) is 5.85. The molecule has 2 fully saturated rings. The van der Waals surface area contributed by atoms with Gasteiger partial charge in [-0.05, 0) is 73.6 Å². The SMILES string of the molecule is [CH]1[CH][CH][C](c2ccccc2/C=C/c2ccccc2[C]2[CH][CH][CH][CH]2)[CH]1. The quantitative estimate of drug-likeness (QED) is 0.667. The Bertz CT molecular complexity index is 636. The summed E-state index contributed by atoms with van der Waals surface area (Å²) >= 11 is 0. The van der Waals surface area contributed by atoms with Crippen LogP contribution >= 0.6 is 0 Å². The fraction of sp³-hybridized carbons (Fsp3) is 0. The average Bonchev–Trinajstić information content (AvgIpc) is 3.34. The lowest BCUT2D eigenvalue weighted by atomic mass is 9.90. The summed E-state index contributed by atoms with van der Waals surface area (Å²) in [6.07, 6.45) is 21.4. The molecule has 0 N–H and O–H groups in total. The van der Waals surface area contributed by atoms with Crippen molar-refractivity contribution in [1.29, 1.82) is 0 Å². The van der Waals surface area contributed by atoms with Gasteiger partial charge < -0.3 is 0 Å². The van der Waals surface area contributed by atoms with E-state index in [0.29, 0.717) is 0 Å². The number of rotatable bonds is 4. The van der Waals surface area contributed by atoms with Crippen LogP contribution in [-0.2, 0) is 0 Å². The maximum absolute atomic E-state index is 2.21. The topological polar surface area (TPSA) is 0 Å². The summed E-state index contributed by atoms with van der Waals surface area (Å²) in [4.78, 5) is 0. The predicted molar refractivity (Wildman–Crippen MR) is 101 cm³/mol. The largest absolute Gasteiger partial charge is 0.0619 e. The smallest absolute Gasteiger partial charge is 0.0130 e. The Kier molecular flexibility index (Phi) is 4.83. The van der Waals surface area contributed by atoms with Gasteiger partial charge in [0, 0.05) is 11.8 Å². The van der Waals surface area contributed by atoms with Crippen molar-refractivity contribution in [3.63, 3.8) is 0 Å². The van der Waals surface area contributed by atoms with Crippen LogP contribution in [0.2, 0.25) is 0 Å². The standard InChI is InChI=1S/C24H18/c1-2-10-19(9-1)23-15-7-5-13-21(23)17-18-22-14-6-8-16-24(22)20-11-3-4-12-20/h1-18H/b18-17+. The van der Waals surface area contributed by atoms with Crippen molar-refractivity contribution in [1.82, 2.24) is 0 Å². The van der Waals surface area contributed by atoms with E-state index < -0.39 is 0 Å². The molecule has 0 amide bonds. The van der Waals surface area contributed by atoms with E-state index in [2.05, 4.69) is 112 Å². The molecule has 0 atom stereocenters. The van der Waals surface area contributed by atoms with Gasteiger partial charge in [0.05, 0.1) is 0 Å². The van der Waals surface area contributed by atoms with Crippen molar-refractivity contribution < 1.29 is 0 Å². The van der Waals surface area contributed by atoms with Gasteiger partial charge in [-0.2, -0.15) is 0 Å². The van der Waals surface area contributed by atoms with Crippen LogP contribution in [0.3, 0.4) is 0 Å². The molecule has 2 aliphatic rings. The van der Waals surface area contributed by atoms with E-state index in [0.717, 1.165) is 0 Å². The van der Waals surface area contributed by atoms with Gasteiger partial charge in [0.25, 0.3) is 0 Å². The number of hydrogen-bond donors (Lipinski definition) is 0. The lowest BCUT2D eigenvalue weighted by Crippen LogP contribution is -1.98. The van der Waals surface area contributed by atoms with Gasteiger partial charge in [-0.25, -0.2) is 0 Å². The van der Waals surface area contributed by atoms with Crippen LogP contribution < -0.4 is 0 Å². The molecule has 0 spiro atoms. The maximum atomic E-state index is 2.21. The average molecular weight is 306 g/mol. The van der Waals surface area contributed by atoms with E-state index in [1.807, 2.05) is 0 Å². The summed E-state index contributed by atoms with van der Waals surface area (Å²) in [5.74, 6) is 2.53. The molecule has 0 bridgehead atoms. The Morgan fingerprint density at radius 2 is 0.833 bits per heavy atom. The molecule has 2 aromatic carbocycles. The molecule has 24 heavy (non-hydrogen) atoms. The van der Waals surface area contributed by atoms with Gasteiger partial charge in [0.2, 0.25) is 0 Å². The Morgan fingerprint density at radius 1 is 0.458 bits per heavy atom. The van der Waals surface area contributed by atoms with Gasteiger partial charge >= 0.3 is 0 Å². The highest BCUT2D eigenvalue weighted by atomic mass is 14.2. The third kappa shape index (κ3) is 3.34. The third-order valence-electron chi connectivity index (χ3n) is 4.31. The molecule has 0 nitrogen and oxygen atoms in total. The maximum Gasteiger partial charge on any atom is 0.0130 e. The van der Waals surface area contributed by atoms with Crippen LogP contribution in [0.1, 0.15) is 22.3 Å². The van der Waals surface area contributed by atoms with Gasteiger partial charge in [0.1, 0.15) is 0 Å². The molecule has 2 aliphatic carbocycles. The van der Waals surface area contributed by atoms with E-state index in [1.165, 1.54) is 34.1 Å². The molecule has 0 aromatic heterocycles. The highest BCUT2D eigenvalue weighted by Crippen LogP contribution is 2.34. The molecule has 0 heterocycles. The molecule has 4 rings (SSSR count). The molecule has 0 saturated heterocycles. The summed E-state index contributed by atoms with van der Waals surface area (Å²) in [6, 6.07) is 17.1. The summed E-state index contributed by atoms with van der Waals surface area (Å²) in [7, 11) is 0. The minimum atomic E-state index is 1.24. The summed E-state index contributed by atoms with van der Waals surface area (Å²) in [5, 5.41) is 0. The first-order valence-electron chi connectivity index (χ1n) is 8.22. The van der Waals surface area contributed by atoms with Gasteiger partial charge in [0.15, 0.2) is 0 Å². The van der Waals surface area contributed by atoms with E-state index in [-0.39, 0.29) is 0 Å². The van der Waals surface area contributed by atoms with Crippen LogP contribution in [0.25, 0.3) is 12.2 Å². The normalized spacial score (nSPS) is 19.5. The zero-order valence-electron chi connectivity index (χ0n) is 13.4. The van der Waals surface area contributed by atoms with Crippen molar-refractivity contribution in [2.45, 2.75) is 0 Å². The molecule has 2 saturated carbocycles. The Morgan fingerprint density at radius 3 is 1.25 bits per heavy atom. The van der Waals surface area contributed by atoms with E-state index >= 15 is 0 Å². The zero-order chi connectivity index (χ0) is 16.2. The minimum absolute atomic E-state index is 1.24. The Hall–Kier alpha value is -1.82. The monoisotopic (exact) mass is 306 g/mol. The fourth-order valence-corrected chi connectivity index (χ4v) is 3.10. The summed E-state index contributed by atoms with van der Waals surface area (Å²) in [6.45, 7) is 0. The molecule has 0 unspecified atom stereocenters. The van der Waals surface area contributed by atoms with E-state index in [4.69, 9.17) is 0 Å². The lowest BCUT2D eigenvalue weighted by molar-refractivity contribution is 1.27. The summed E-state index contributed by atoms with van der Waals surface area (Å²) in [5.41, 5.74) is 5.01. The Labute approximate surface area is 146 Å². The van der Waals surface area contributed by atoms with Gasteiger partial charge in [-0.15, -0.1) is 0 Å². The second kappa shape index (κ2) is 7.38. The van der Waals surface area contributed by atoms with Crippen LogP contribution in [-0.4, -0.2) is 0 Å². The van der Waals surface area contributed by atoms with Gasteiger partial charge in [-0.3, -0.25) is 0 Å². The van der Waals surface area contributed by atoms with E-state index in [9.17, 15) is 0 Å². The van der Waals surface area contributed by atoms with Crippen LogP contribution in [0.15, 0.2) is 48.5 Å². The second-order valence-electron chi connectivity index (χ2n) is 5.85. The first kappa shape index (κ1) is 15.7. The molecule has 0 heteroatoms. The fourth-order valence-electron chi connectivity index (χ4n) is 3.10. The minimum Gasteiger partial charge on any atom is -0.0619 e. The van der Waals surface area contributed by atoms with Gasteiger partial charge in [-0.1, -0.05) is 60.7 Å². The van der Waals surface area contributed by atoms with Crippen LogP contribution in [0.5, 0.6) is 0 Å². The summed E-state index contributed by atoms with van der Waals surface area (Å²) < 4.78 is 0. The highest BCUT2D eigenvalue weighted by Gasteiger charge is 2.21. The molecular weight excluding hydrogens is 288 g/mol. The molecular formula is C24H18. The number of hydrogen-bond acceptors (Lipinski definition) is 0. The first-order chi connectivity index (χ1) is 11.9. The predicted octanol–water partition coefficient (Wildman–Crippen LogP) is 5.36. The first-order valence-corrected chi connectivity index (χ1v) is 8.22. The molecule has 0 aliphatic heterocycles.